The average Bonchev–Trinajstić information content (AvgIpc) is 2.98. The van der Waals surface area contributed by atoms with Crippen LogP contribution < -0.4 is 0 Å². The zero-order valence-electron chi connectivity index (χ0n) is 12.4. The summed E-state index contributed by atoms with van der Waals surface area (Å²) in [6.45, 7) is 7.00. The molecule has 2 aliphatic rings. The molecule has 2 fully saturated rings. The number of nitrogens with zero attached hydrogens (tertiary/aromatic N) is 1. The van der Waals surface area contributed by atoms with Crippen molar-refractivity contribution in [3.63, 3.8) is 0 Å². The van der Waals surface area contributed by atoms with Crippen molar-refractivity contribution < 1.29 is 14.6 Å². The molecule has 1 aliphatic carbocycles. The summed E-state index contributed by atoms with van der Waals surface area (Å²) in [5, 5.41) is 10.4. The molecule has 1 saturated carbocycles. The van der Waals surface area contributed by atoms with Crippen molar-refractivity contribution in [2.75, 3.05) is 13.1 Å². The molecular weight excluding hydrogens is 242 g/mol. The van der Waals surface area contributed by atoms with E-state index < -0.39 is 5.60 Å². The Labute approximate surface area is 116 Å². The number of aliphatic hydroxyl groups excluding tert-OH is 1. The molecular formula is C15H27NO3. The first kappa shape index (κ1) is 14.6. The number of hydrogen-bond acceptors (Lipinski definition) is 3. The monoisotopic (exact) mass is 269 g/mol. The first-order valence-electron chi connectivity index (χ1n) is 7.53. The van der Waals surface area contributed by atoms with Crippen molar-refractivity contribution in [3.05, 3.63) is 0 Å². The highest BCUT2D eigenvalue weighted by atomic mass is 16.6. The molecule has 1 amide bonds. The molecule has 0 aromatic rings. The lowest BCUT2D eigenvalue weighted by Gasteiger charge is -2.26. The van der Waals surface area contributed by atoms with Gasteiger partial charge in [0.05, 0.1) is 6.10 Å². The van der Waals surface area contributed by atoms with E-state index >= 15 is 0 Å². The third kappa shape index (κ3) is 3.85. The summed E-state index contributed by atoms with van der Waals surface area (Å²) in [5.41, 5.74) is -0.445. The molecule has 2 unspecified atom stereocenters. The van der Waals surface area contributed by atoms with Crippen LogP contribution in [0.1, 0.15) is 52.9 Å². The van der Waals surface area contributed by atoms with Crippen LogP contribution in [0.15, 0.2) is 0 Å². The molecule has 2 atom stereocenters. The predicted octanol–water partition coefficient (Wildman–Crippen LogP) is 2.79. The van der Waals surface area contributed by atoms with E-state index in [4.69, 9.17) is 4.74 Å². The van der Waals surface area contributed by atoms with Crippen LogP contribution in [0.25, 0.3) is 0 Å². The lowest BCUT2D eigenvalue weighted by molar-refractivity contribution is 0.0235. The molecule has 1 aliphatic heterocycles. The molecule has 0 aromatic carbocycles. The quantitative estimate of drug-likeness (QED) is 0.838. The van der Waals surface area contributed by atoms with Gasteiger partial charge >= 0.3 is 6.09 Å². The molecule has 19 heavy (non-hydrogen) atoms. The van der Waals surface area contributed by atoms with Crippen LogP contribution in [-0.4, -0.2) is 40.9 Å². The maximum Gasteiger partial charge on any atom is 0.410 e. The van der Waals surface area contributed by atoms with Crippen molar-refractivity contribution in [2.45, 2.75) is 64.6 Å². The van der Waals surface area contributed by atoms with Crippen LogP contribution in [0.5, 0.6) is 0 Å². The molecule has 1 heterocycles. The highest BCUT2D eigenvalue weighted by Crippen LogP contribution is 2.34. The second kappa shape index (κ2) is 5.70. The Bertz CT molecular complexity index is 318. The molecule has 4 heteroatoms. The number of aliphatic hydroxyl groups is 1. The Morgan fingerprint density at radius 1 is 1.21 bits per heavy atom. The first-order chi connectivity index (χ1) is 8.87. The lowest BCUT2D eigenvalue weighted by Crippen LogP contribution is -2.37. The van der Waals surface area contributed by atoms with Gasteiger partial charge in [-0.2, -0.15) is 0 Å². The summed E-state index contributed by atoms with van der Waals surface area (Å²) in [5.74, 6) is 0.680. The van der Waals surface area contributed by atoms with E-state index in [9.17, 15) is 9.90 Å². The second-order valence-electron chi connectivity index (χ2n) is 7.01. The summed E-state index contributed by atoms with van der Waals surface area (Å²) in [4.78, 5) is 13.7. The van der Waals surface area contributed by atoms with Crippen LogP contribution in [0.3, 0.4) is 0 Å². The second-order valence-corrected chi connectivity index (χ2v) is 7.01. The van der Waals surface area contributed by atoms with Crippen molar-refractivity contribution in [2.24, 2.45) is 11.8 Å². The molecule has 0 aromatic heterocycles. The van der Waals surface area contributed by atoms with Crippen LogP contribution >= 0.6 is 0 Å². The zero-order chi connectivity index (χ0) is 14.0. The van der Waals surface area contributed by atoms with Gasteiger partial charge in [0.25, 0.3) is 0 Å². The van der Waals surface area contributed by atoms with Crippen molar-refractivity contribution in [1.29, 1.82) is 0 Å². The van der Waals surface area contributed by atoms with Gasteiger partial charge in [0.15, 0.2) is 0 Å². The van der Waals surface area contributed by atoms with Crippen molar-refractivity contribution in [3.8, 4) is 0 Å². The smallest absolute Gasteiger partial charge is 0.410 e. The van der Waals surface area contributed by atoms with E-state index in [1.807, 2.05) is 20.8 Å². The topological polar surface area (TPSA) is 49.8 Å². The molecule has 1 N–H and O–H groups in total. The minimum absolute atomic E-state index is 0.232. The van der Waals surface area contributed by atoms with E-state index in [2.05, 4.69) is 0 Å². The molecule has 110 valence electrons. The Kier molecular flexibility index (Phi) is 4.39. The maximum absolute atomic E-state index is 12.0. The van der Waals surface area contributed by atoms with Gasteiger partial charge < -0.3 is 14.7 Å². The summed E-state index contributed by atoms with van der Waals surface area (Å²) >= 11 is 0. The van der Waals surface area contributed by atoms with E-state index in [1.165, 1.54) is 12.8 Å². The zero-order valence-corrected chi connectivity index (χ0v) is 12.4. The van der Waals surface area contributed by atoms with Crippen LogP contribution in [0.4, 0.5) is 4.79 Å². The SMILES string of the molecule is CC(C)(C)OC(=O)N1CCC(C(O)C2CCCC2)C1. The van der Waals surface area contributed by atoms with Gasteiger partial charge in [0, 0.05) is 19.0 Å². The maximum atomic E-state index is 12.0. The van der Waals surface area contributed by atoms with Crippen molar-refractivity contribution in [1.82, 2.24) is 4.90 Å². The average molecular weight is 269 g/mol. The molecule has 4 nitrogen and oxygen atoms in total. The molecule has 0 radical (unpaired) electrons. The van der Waals surface area contributed by atoms with E-state index in [-0.39, 0.29) is 18.1 Å². The third-order valence-electron chi connectivity index (χ3n) is 4.24. The summed E-state index contributed by atoms with van der Waals surface area (Å²) in [6.07, 6.45) is 5.18. The minimum atomic E-state index is -0.445. The normalized spacial score (nSPS) is 26.7. The fourth-order valence-corrected chi connectivity index (χ4v) is 3.24. The van der Waals surface area contributed by atoms with Gasteiger partial charge in [-0.25, -0.2) is 4.79 Å². The van der Waals surface area contributed by atoms with Crippen molar-refractivity contribution >= 4 is 6.09 Å². The number of hydrogen-bond donors (Lipinski definition) is 1. The minimum Gasteiger partial charge on any atom is -0.444 e. The van der Waals surface area contributed by atoms with Crippen LogP contribution in [0, 0.1) is 11.8 Å². The van der Waals surface area contributed by atoms with Gasteiger partial charge in [0.1, 0.15) is 5.60 Å². The molecule has 0 spiro atoms. The first-order valence-corrected chi connectivity index (χ1v) is 7.53. The number of carbonyl (C=O) groups excluding carboxylic acids is 1. The van der Waals surface area contributed by atoms with Crippen LogP contribution in [-0.2, 0) is 4.74 Å². The summed E-state index contributed by atoms with van der Waals surface area (Å²) in [7, 11) is 0. The highest BCUT2D eigenvalue weighted by Gasteiger charge is 2.37. The summed E-state index contributed by atoms with van der Waals surface area (Å²) < 4.78 is 5.38. The van der Waals surface area contributed by atoms with Crippen LogP contribution in [0.2, 0.25) is 0 Å². The number of ether oxygens (including phenoxy) is 1. The van der Waals surface area contributed by atoms with Gasteiger partial charge in [-0.3, -0.25) is 0 Å². The van der Waals surface area contributed by atoms with Gasteiger partial charge in [-0.1, -0.05) is 12.8 Å². The van der Waals surface area contributed by atoms with E-state index in [0.29, 0.717) is 19.0 Å². The fraction of sp³-hybridized carbons (Fsp3) is 0.933. The molecule has 1 saturated heterocycles. The highest BCUT2D eigenvalue weighted by molar-refractivity contribution is 5.68. The fourth-order valence-electron chi connectivity index (χ4n) is 3.24. The number of rotatable bonds is 2. The predicted molar refractivity (Wildman–Crippen MR) is 73.9 cm³/mol. The third-order valence-corrected chi connectivity index (χ3v) is 4.24. The summed E-state index contributed by atoms with van der Waals surface area (Å²) in [6, 6.07) is 0. The van der Waals surface area contributed by atoms with Gasteiger partial charge in [-0.15, -0.1) is 0 Å². The number of amides is 1. The van der Waals surface area contributed by atoms with Gasteiger partial charge in [0.2, 0.25) is 0 Å². The molecule has 2 rings (SSSR count). The van der Waals surface area contributed by atoms with Gasteiger partial charge in [-0.05, 0) is 46.0 Å². The van der Waals surface area contributed by atoms with E-state index in [1.54, 1.807) is 4.90 Å². The number of carbonyl (C=O) groups is 1. The Balaban J connectivity index is 1.83. The Hall–Kier alpha value is -0.770. The molecule has 0 bridgehead atoms. The Morgan fingerprint density at radius 2 is 1.84 bits per heavy atom. The largest absolute Gasteiger partial charge is 0.444 e. The Morgan fingerprint density at radius 3 is 2.42 bits per heavy atom. The standard InChI is InChI=1S/C15H27NO3/c1-15(2,3)19-14(18)16-9-8-12(10-16)13(17)11-6-4-5-7-11/h11-13,17H,4-10H2,1-3H3. The number of likely N-dealkylation sites (tertiary alicyclic amines) is 1. The lowest BCUT2D eigenvalue weighted by atomic mass is 9.89. The van der Waals surface area contributed by atoms with E-state index in [0.717, 1.165) is 19.3 Å².